The Hall–Kier alpha value is -1.36. The first-order chi connectivity index (χ1) is 10.5. The van der Waals surface area contributed by atoms with Crippen molar-refractivity contribution in [3.63, 3.8) is 0 Å². The van der Waals surface area contributed by atoms with Crippen LogP contribution in [0, 0.1) is 6.92 Å². The molecule has 0 spiro atoms. The molecule has 22 heavy (non-hydrogen) atoms. The summed E-state index contributed by atoms with van der Waals surface area (Å²) >= 11 is 3.41. The Morgan fingerprint density at radius 3 is 2.59 bits per heavy atom. The summed E-state index contributed by atoms with van der Waals surface area (Å²) in [7, 11) is 0. The molecule has 0 atom stereocenters. The van der Waals surface area contributed by atoms with Crippen molar-refractivity contribution in [1.29, 1.82) is 0 Å². The van der Waals surface area contributed by atoms with E-state index in [1.807, 2.05) is 30.0 Å². The van der Waals surface area contributed by atoms with Crippen LogP contribution in [0.2, 0.25) is 0 Å². The van der Waals surface area contributed by atoms with E-state index in [1.165, 1.54) is 12.8 Å². The molecular weight excluding hydrogens is 344 g/mol. The molecule has 0 aliphatic heterocycles. The smallest absolute Gasteiger partial charge is 0.226 e. The fourth-order valence-electron chi connectivity index (χ4n) is 3.02. The maximum atomic E-state index is 12.1. The summed E-state index contributed by atoms with van der Waals surface area (Å²) in [6.45, 7) is 4.05. The molecule has 1 aliphatic rings. The normalized spacial score (nSPS) is 14.9. The molecule has 1 fully saturated rings. The third-order valence-corrected chi connectivity index (χ3v) is 4.71. The quantitative estimate of drug-likeness (QED) is 0.859. The van der Waals surface area contributed by atoms with E-state index >= 15 is 0 Å². The number of benzene rings is 1. The predicted molar refractivity (Wildman–Crippen MR) is 91.8 cm³/mol. The molecule has 1 aliphatic carbocycles. The molecule has 1 aromatic rings. The van der Waals surface area contributed by atoms with Gasteiger partial charge in [0.05, 0.1) is 0 Å². The van der Waals surface area contributed by atoms with Gasteiger partial charge in [-0.3, -0.25) is 9.59 Å². The fraction of sp³-hybridized carbons (Fsp3) is 0.529. The van der Waals surface area contributed by atoms with Crippen LogP contribution in [0.1, 0.15) is 44.6 Å². The summed E-state index contributed by atoms with van der Waals surface area (Å²) < 4.78 is 0.993. The number of nitrogens with zero attached hydrogens (tertiary/aromatic N) is 1. The zero-order valence-corrected chi connectivity index (χ0v) is 14.8. The highest BCUT2D eigenvalue weighted by Gasteiger charge is 2.24. The molecule has 0 heterocycles. The molecule has 0 saturated heterocycles. The van der Waals surface area contributed by atoms with Crippen molar-refractivity contribution < 1.29 is 9.59 Å². The van der Waals surface area contributed by atoms with Crippen molar-refractivity contribution in [3.8, 4) is 0 Å². The van der Waals surface area contributed by atoms with E-state index in [9.17, 15) is 9.59 Å². The topological polar surface area (TPSA) is 49.4 Å². The van der Waals surface area contributed by atoms with Crippen LogP contribution >= 0.6 is 15.9 Å². The summed E-state index contributed by atoms with van der Waals surface area (Å²) in [6.07, 6.45) is 4.82. The van der Waals surface area contributed by atoms with Crippen LogP contribution in [0.3, 0.4) is 0 Å². The van der Waals surface area contributed by atoms with Crippen molar-refractivity contribution in [2.24, 2.45) is 0 Å². The Labute approximate surface area is 140 Å². The van der Waals surface area contributed by atoms with Crippen molar-refractivity contribution in [2.75, 3.05) is 11.9 Å². The van der Waals surface area contributed by atoms with Crippen LogP contribution in [0.5, 0.6) is 0 Å². The molecule has 2 rings (SSSR count). The Kier molecular flexibility index (Phi) is 6.00. The maximum Gasteiger partial charge on any atom is 0.226 e. The van der Waals surface area contributed by atoms with Gasteiger partial charge in [0.2, 0.25) is 11.8 Å². The monoisotopic (exact) mass is 366 g/mol. The van der Waals surface area contributed by atoms with Gasteiger partial charge in [-0.2, -0.15) is 0 Å². The van der Waals surface area contributed by atoms with Crippen LogP contribution in [-0.2, 0) is 9.59 Å². The molecule has 1 aromatic carbocycles. The number of carbonyl (C=O) groups excluding carboxylic acids is 2. The van der Waals surface area contributed by atoms with Crippen molar-refractivity contribution >= 4 is 33.4 Å². The zero-order valence-electron chi connectivity index (χ0n) is 13.2. The molecule has 1 N–H and O–H groups in total. The molecule has 0 radical (unpaired) electrons. The van der Waals surface area contributed by atoms with E-state index in [4.69, 9.17) is 0 Å². The van der Waals surface area contributed by atoms with Crippen LogP contribution in [0.4, 0.5) is 5.69 Å². The number of aryl methyl sites for hydroxylation is 1. The average molecular weight is 367 g/mol. The zero-order chi connectivity index (χ0) is 16.1. The van der Waals surface area contributed by atoms with Crippen molar-refractivity contribution in [3.05, 3.63) is 28.2 Å². The predicted octanol–water partition coefficient (Wildman–Crippen LogP) is 3.88. The molecule has 120 valence electrons. The molecular formula is C17H23BrN2O2. The molecule has 1 saturated carbocycles. The molecule has 0 unspecified atom stereocenters. The van der Waals surface area contributed by atoms with Gasteiger partial charge in [0.25, 0.3) is 0 Å². The number of rotatable bonds is 5. The maximum absolute atomic E-state index is 12.1. The Balaban J connectivity index is 1.89. The average Bonchev–Trinajstić information content (AvgIpc) is 2.96. The van der Waals surface area contributed by atoms with E-state index in [0.717, 1.165) is 28.6 Å². The lowest BCUT2D eigenvalue weighted by molar-refractivity contribution is -0.131. The van der Waals surface area contributed by atoms with Gasteiger partial charge in [-0.05, 0) is 43.5 Å². The summed E-state index contributed by atoms with van der Waals surface area (Å²) in [5.74, 6) is 0.0224. The Morgan fingerprint density at radius 1 is 1.32 bits per heavy atom. The van der Waals surface area contributed by atoms with Gasteiger partial charge in [0.15, 0.2) is 0 Å². The highest BCUT2D eigenvalue weighted by atomic mass is 79.9. The van der Waals surface area contributed by atoms with Gasteiger partial charge in [-0.25, -0.2) is 0 Å². The lowest BCUT2D eigenvalue weighted by Crippen LogP contribution is -2.39. The highest BCUT2D eigenvalue weighted by molar-refractivity contribution is 9.10. The lowest BCUT2D eigenvalue weighted by atomic mass is 10.2. The second-order valence-corrected chi connectivity index (χ2v) is 6.82. The Bertz CT molecular complexity index is 554. The Morgan fingerprint density at radius 2 is 2.00 bits per heavy atom. The standard InChI is InChI=1S/C17H23BrN2O2/c1-12-11-14(18)7-8-16(12)19-17(22)9-10-20(13(2)21)15-5-3-4-6-15/h7-8,11,15H,3-6,9-10H2,1-2H3,(H,19,22). The van der Waals surface area contributed by atoms with Gasteiger partial charge in [0, 0.05) is 36.1 Å². The number of amides is 2. The van der Waals surface area contributed by atoms with Crippen molar-refractivity contribution in [1.82, 2.24) is 4.90 Å². The second kappa shape index (κ2) is 7.77. The van der Waals surface area contributed by atoms with Gasteiger partial charge in [0.1, 0.15) is 0 Å². The van der Waals surface area contributed by atoms with E-state index in [-0.39, 0.29) is 11.8 Å². The number of hydrogen-bond acceptors (Lipinski definition) is 2. The largest absolute Gasteiger partial charge is 0.339 e. The second-order valence-electron chi connectivity index (χ2n) is 5.91. The highest BCUT2D eigenvalue weighted by Crippen LogP contribution is 2.24. The van der Waals surface area contributed by atoms with Gasteiger partial charge in [-0.1, -0.05) is 28.8 Å². The molecule has 4 nitrogen and oxygen atoms in total. The van der Waals surface area contributed by atoms with E-state index in [2.05, 4.69) is 21.2 Å². The van der Waals surface area contributed by atoms with Crippen LogP contribution in [0.25, 0.3) is 0 Å². The number of hydrogen-bond donors (Lipinski definition) is 1. The minimum absolute atomic E-state index is 0.0466. The fourth-order valence-corrected chi connectivity index (χ4v) is 3.49. The molecule has 0 bridgehead atoms. The summed E-state index contributed by atoms with van der Waals surface area (Å²) in [5.41, 5.74) is 1.84. The van der Waals surface area contributed by atoms with Gasteiger partial charge >= 0.3 is 0 Å². The third kappa shape index (κ3) is 4.57. The first-order valence-electron chi connectivity index (χ1n) is 7.80. The van der Waals surface area contributed by atoms with E-state index in [1.54, 1.807) is 6.92 Å². The van der Waals surface area contributed by atoms with Crippen LogP contribution in [0.15, 0.2) is 22.7 Å². The number of nitrogens with one attached hydrogen (secondary N) is 1. The lowest BCUT2D eigenvalue weighted by Gasteiger charge is -2.27. The van der Waals surface area contributed by atoms with E-state index < -0.39 is 0 Å². The summed E-state index contributed by atoms with van der Waals surface area (Å²) in [4.78, 5) is 25.8. The number of carbonyl (C=O) groups is 2. The first-order valence-corrected chi connectivity index (χ1v) is 8.60. The minimum Gasteiger partial charge on any atom is -0.339 e. The van der Waals surface area contributed by atoms with Crippen molar-refractivity contribution in [2.45, 2.75) is 52.0 Å². The summed E-state index contributed by atoms with van der Waals surface area (Å²) in [5, 5.41) is 2.92. The van der Waals surface area contributed by atoms with Gasteiger partial charge < -0.3 is 10.2 Å². The SMILES string of the molecule is CC(=O)N(CCC(=O)Nc1ccc(Br)cc1C)C1CCCC1. The van der Waals surface area contributed by atoms with Gasteiger partial charge in [-0.15, -0.1) is 0 Å². The summed E-state index contributed by atoms with van der Waals surface area (Å²) in [6, 6.07) is 6.08. The van der Waals surface area contributed by atoms with Crippen LogP contribution in [-0.4, -0.2) is 29.3 Å². The molecule has 2 amide bonds. The van der Waals surface area contributed by atoms with Crippen LogP contribution < -0.4 is 5.32 Å². The molecule has 0 aromatic heterocycles. The third-order valence-electron chi connectivity index (χ3n) is 4.21. The number of anilines is 1. The first kappa shape index (κ1) is 17.0. The van der Waals surface area contributed by atoms with E-state index in [0.29, 0.717) is 19.0 Å². The minimum atomic E-state index is -0.0466. The molecule has 5 heteroatoms. The number of halogens is 1.